The summed E-state index contributed by atoms with van der Waals surface area (Å²) in [6.45, 7) is 5.12. The van der Waals surface area contributed by atoms with Gasteiger partial charge in [-0.1, -0.05) is 48.5 Å². The van der Waals surface area contributed by atoms with Gasteiger partial charge in [-0.3, -0.25) is 9.36 Å². The number of ether oxygens (including phenoxy) is 3. The molecule has 40 heavy (non-hydrogen) atoms. The van der Waals surface area contributed by atoms with Gasteiger partial charge in [0.05, 0.1) is 25.2 Å². The molecule has 0 bridgehead atoms. The molecule has 0 aliphatic heterocycles. The number of esters is 1. The van der Waals surface area contributed by atoms with Gasteiger partial charge < -0.3 is 30.0 Å². The first kappa shape index (κ1) is 30.2. The minimum Gasteiger partial charge on any atom is -0.467 e. The molecule has 0 saturated heterocycles. The van der Waals surface area contributed by atoms with Crippen molar-refractivity contribution in [2.45, 2.75) is 58.0 Å². The van der Waals surface area contributed by atoms with Crippen LogP contribution in [0.5, 0.6) is 0 Å². The average molecular weight is 554 g/mol. The lowest BCUT2D eigenvalue weighted by atomic mass is 10.0. The molecule has 0 aliphatic carbocycles. The number of nitrogens with zero attached hydrogens (tertiary/aromatic N) is 1. The molecule has 11 heteroatoms. The zero-order chi connectivity index (χ0) is 29.3. The molecule has 0 aliphatic rings. The Kier molecular flexibility index (Phi) is 10.3. The quantitative estimate of drug-likeness (QED) is 0.256. The fraction of sp³-hybridized carbons (Fsp3) is 0.379. The second kappa shape index (κ2) is 13.6. The number of rotatable bonds is 10. The molecule has 2 atom stereocenters. The highest BCUT2D eigenvalue weighted by Crippen LogP contribution is 2.24. The molecule has 3 aromatic rings. The molecule has 214 valence electrons. The van der Waals surface area contributed by atoms with Gasteiger partial charge in [-0.05, 0) is 38.0 Å². The summed E-state index contributed by atoms with van der Waals surface area (Å²) in [6.07, 6.45) is -1.33. The number of aliphatic hydroxyl groups excluding tert-OH is 1. The van der Waals surface area contributed by atoms with E-state index in [0.29, 0.717) is 16.5 Å². The van der Waals surface area contributed by atoms with Crippen molar-refractivity contribution in [1.29, 1.82) is 0 Å². The zero-order valence-electron chi connectivity index (χ0n) is 23.0. The number of aliphatic hydroxyl groups is 1. The van der Waals surface area contributed by atoms with Crippen LogP contribution in [0.25, 0.3) is 10.9 Å². The van der Waals surface area contributed by atoms with E-state index < -0.39 is 41.8 Å². The number of carbonyl (C=O) groups is 4. The number of fused-ring (bicyclic) bond motifs is 1. The van der Waals surface area contributed by atoms with Gasteiger partial charge in [-0.15, -0.1) is 0 Å². The van der Waals surface area contributed by atoms with Crippen molar-refractivity contribution in [3.05, 3.63) is 71.9 Å². The number of amides is 2. The minimum atomic E-state index is -1.23. The Hall–Kier alpha value is -4.38. The Morgan fingerprint density at radius 2 is 1.68 bits per heavy atom. The normalized spacial score (nSPS) is 12.7. The molecule has 0 fully saturated rings. The number of para-hydroxylation sites is 1. The molecule has 11 nitrogen and oxygen atoms in total. The Labute approximate surface area is 232 Å². The highest BCUT2D eigenvalue weighted by molar-refractivity contribution is 5.93. The van der Waals surface area contributed by atoms with Gasteiger partial charge in [-0.2, -0.15) is 0 Å². The summed E-state index contributed by atoms with van der Waals surface area (Å²) < 4.78 is 16.8. The van der Waals surface area contributed by atoms with E-state index in [0.717, 1.165) is 5.56 Å². The molecule has 3 N–H and O–H groups in total. The highest BCUT2D eigenvalue weighted by atomic mass is 16.6. The van der Waals surface area contributed by atoms with E-state index in [1.165, 1.54) is 11.7 Å². The maximum Gasteiger partial charge on any atom is 0.419 e. The van der Waals surface area contributed by atoms with Crippen LogP contribution in [0, 0.1) is 0 Å². The fourth-order valence-corrected chi connectivity index (χ4v) is 3.95. The highest BCUT2D eigenvalue weighted by Gasteiger charge is 2.27. The number of alkyl carbamates (subject to hydrolysis) is 1. The van der Waals surface area contributed by atoms with Crippen LogP contribution in [0.1, 0.15) is 38.3 Å². The molecular weight excluding hydrogens is 518 g/mol. The molecule has 2 aromatic carbocycles. The van der Waals surface area contributed by atoms with Crippen LogP contribution in [-0.2, 0) is 36.8 Å². The van der Waals surface area contributed by atoms with Crippen LogP contribution in [0.15, 0.2) is 60.8 Å². The van der Waals surface area contributed by atoms with Gasteiger partial charge in [0.1, 0.15) is 18.2 Å². The van der Waals surface area contributed by atoms with Crippen LogP contribution in [0.2, 0.25) is 0 Å². The third-order valence-corrected chi connectivity index (χ3v) is 5.75. The Morgan fingerprint density at radius 3 is 2.35 bits per heavy atom. The second-order valence-corrected chi connectivity index (χ2v) is 10.2. The predicted molar refractivity (Wildman–Crippen MR) is 146 cm³/mol. The van der Waals surface area contributed by atoms with Crippen molar-refractivity contribution in [1.82, 2.24) is 15.2 Å². The van der Waals surface area contributed by atoms with Crippen molar-refractivity contribution < 1.29 is 38.5 Å². The third-order valence-electron chi connectivity index (χ3n) is 5.75. The van der Waals surface area contributed by atoms with Crippen molar-refractivity contribution in [2.75, 3.05) is 13.7 Å². The molecule has 0 unspecified atom stereocenters. The summed E-state index contributed by atoms with van der Waals surface area (Å²) in [5.74, 6) is -1.32. The van der Waals surface area contributed by atoms with Crippen molar-refractivity contribution in [3.63, 3.8) is 0 Å². The zero-order valence-corrected chi connectivity index (χ0v) is 23.0. The lowest BCUT2D eigenvalue weighted by molar-refractivity contribution is -0.145. The third kappa shape index (κ3) is 8.84. The largest absolute Gasteiger partial charge is 0.467 e. The summed E-state index contributed by atoms with van der Waals surface area (Å²) in [7, 11) is 1.20. The van der Waals surface area contributed by atoms with Gasteiger partial charge in [0.15, 0.2) is 0 Å². The summed E-state index contributed by atoms with van der Waals surface area (Å²) in [5.41, 5.74) is 1.29. The summed E-state index contributed by atoms with van der Waals surface area (Å²) >= 11 is 0. The topological polar surface area (TPSA) is 145 Å². The number of hydrogen-bond acceptors (Lipinski definition) is 8. The van der Waals surface area contributed by atoms with Gasteiger partial charge >= 0.3 is 18.2 Å². The SMILES string of the molecule is COC(=O)[C@@H](Cc1cn(C(=O)OC(C)(C)C)c2ccccc12)NC(=O)C[C@H](O)CNC(=O)OCc1ccccc1. The summed E-state index contributed by atoms with van der Waals surface area (Å²) in [4.78, 5) is 49.9. The minimum absolute atomic E-state index is 0.0227. The van der Waals surface area contributed by atoms with Crippen LogP contribution in [0.4, 0.5) is 9.59 Å². The van der Waals surface area contributed by atoms with Crippen molar-refractivity contribution in [2.24, 2.45) is 0 Å². The van der Waals surface area contributed by atoms with Gasteiger partial charge in [-0.25, -0.2) is 14.4 Å². The standard InChI is InChI=1S/C29H35N3O8/c1-29(2,3)40-28(37)32-17-20(22-12-8-9-13-24(22)32)14-23(26(35)38-4)31-25(34)15-21(33)16-30-27(36)39-18-19-10-6-5-7-11-19/h5-13,17,21,23,33H,14-16,18H2,1-4H3,(H,30,36)(H,31,34)/t21-,23+/m0/s1. The number of nitrogens with one attached hydrogen (secondary N) is 2. The van der Waals surface area contributed by atoms with E-state index in [9.17, 15) is 24.3 Å². The molecule has 0 saturated carbocycles. The van der Waals surface area contributed by atoms with E-state index in [-0.39, 0.29) is 26.0 Å². The van der Waals surface area contributed by atoms with Crippen molar-refractivity contribution >= 4 is 35.0 Å². The first-order valence-electron chi connectivity index (χ1n) is 12.8. The maximum absolute atomic E-state index is 12.8. The molecule has 1 aromatic heterocycles. The van der Waals surface area contributed by atoms with Crippen LogP contribution < -0.4 is 10.6 Å². The Bertz CT molecular complexity index is 1330. The fourth-order valence-electron chi connectivity index (χ4n) is 3.95. The average Bonchev–Trinajstić information content (AvgIpc) is 3.28. The smallest absolute Gasteiger partial charge is 0.419 e. The Balaban J connectivity index is 1.61. The molecule has 0 radical (unpaired) electrons. The predicted octanol–water partition coefficient (Wildman–Crippen LogP) is 3.30. The molecule has 0 spiro atoms. The molecular formula is C29H35N3O8. The summed E-state index contributed by atoms with van der Waals surface area (Å²) in [6, 6.07) is 15.1. The first-order chi connectivity index (χ1) is 19.0. The number of benzene rings is 2. The van der Waals surface area contributed by atoms with Crippen LogP contribution in [-0.4, -0.2) is 65.1 Å². The van der Waals surface area contributed by atoms with E-state index in [4.69, 9.17) is 14.2 Å². The monoisotopic (exact) mass is 553 g/mol. The van der Waals surface area contributed by atoms with Crippen LogP contribution in [0.3, 0.4) is 0 Å². The van der Waals surface area contributed by atoms with Crippen molar-refractivity contribution in [3.8, 4) is 0 Å². The van der Waals surface area contributed by atoms with Gasteiger partial charge in [0, 0.05) is 24.5 Å². The van der Waals surface area contributed by atoms with Gasteiger partial charge in [0.25, 0.3) is 0 Å². The summed E-state index contributed by atoms with van der Waals surface area (Å²) in [5, 5.41) is 15.9. The number of methoxy groups -OCH3 is 1. The van der Waals surface area contributed by atoms with E-state index in [1.807, 2.05) is 18.2 Å². The first-order valence-corrected chi connectivity index (χ1v) is 12.8. The molecule has 1 heterocycles. The van der Waals surface area contributed by atoms with E-state index in [1.54, 1.807) is 63.4 Å². The van der Waals surface area contributed by atoms with E-state index >= 15 is 0 Å². The second-order valence-electron chi connectivity index (χ2n) is 10.2. The Morgan fingerprint density at radius 1 is 1.00 bits per heavy atom. The van der Waals surface area contributed by atoms with E-state index in [2.05, 4.69) is 10.6 Å². The number of carbonyl (C=O) groups excluding carboxylic acids is 4. The lowest BCUT2D eigenvalue weighted by Gasteiger charge is -2.19. The maximum atomic E-state index is 12.8. The number of aromatic nitrogens is 1. The lowest BCUT2D eigenvalue weighted by Crippen LogP contribution is -2.45. The van der Waals surface area contributed by atoms with Crippen LogP contribution >= 0.6 is 0 Å². The van der Waals surface area contributed by atoms with Gasteiger partial charge in [0.2, 0.25) is 5.91 Å². The molecule has 3 rings (SSSR count). The molecule has 2 amide bonds. The number of hydrogen-bond donors (Lipinski definition) is 3.